The minimum absolute atomic E-state index is 0.0370. The van der Waals surface area contributed by atoms with Crippen LogP contribution >= 0.6 is 15.9 Å². The molecule has 0 aliphatic rings. The number of amides is 1. The van der Waals surface area contributed by atoms with E-state index in [-0.39, 0.29) is 5.91 Å². The number of hydrogen-bond donors (Lipinski definition) is 0. The summed E-state index contributed by atoms with van der Waals surface area (Å²) in [5, 5.41) is 3.89. The number of aryl methyl sites for hydroxylation is 2. The number of hydrogen-bond acceptors (Lipinski definition) is 3. The number of benzene rings is 1. The third-order valence-corrected chi connectivity index (χ3v) is 3.17. The molecule has 0 spiro atoms. The Morgan fingerprint density at radius 2 is 2.05 bits per heavy atom. The summed E-state index contributed by atoms with van der Waals surface area (Å²) in [6, 6.07) is 7.49. The van der Waals surface area contributed by atoms with Gasteiger partial charge in [0.15, 0.2) is 0 Å². The fourth-order valence-electron chi connectivity index (χ4n) is 1.89. The van der Waals surface area contributed by atoms with E-state index in [1.54, 1.807) is 11.9 Å². The third kappa shape index (κ3) is 3.44. The summed E-state index contributed by atoms with van der Waals surface area (Å²) in [6.07, 6.45) is 0. The first-order valence-electron chi connectivity index (χ1n) is 5.90. The molecule has 0 radical (unpaired) electrons. The second-order valence-electron chi connectivity index (χ2n) is 4.61. The molecule has 19 heavy (non-hydrogen) atoms. The highest BCUT2D eigenvalue weighted by Crippen LogP contribution is 2.17. The van der Waals surface area contributed by atoms with Crippen LogP contribution in [0.5, 0.6) is 0 Å². The summed E-state index contributed by atoms with van der Waals surface area (Å²) in [6.45, 7) is 4.22. The Bertz CT molecular complexity index is 587. The third-order valence-electron chi connectivity index (χ3n) is 2.71. The summed E-state index contributed by atoms with van der Waals surface area (Å²) >= 11 is 3.40. The van der Waals surface area contributed by atoms with Crippen molar-refractivity contribution in [3.05, 3.63) is 51.3 Å². The number of carbonyl (C=O) groups excluding carboxylic acids is 1. The van der Waals surface area contributed by atoms with Crippen LogP contribution in [0.4, 0.5) is 0 Å². The van der Waals surface area contributed by atoms with Crippen molar-refractivity contribution in [2.45, 2.75) is 20.4 Å². The minimum Gasteiger partial charge on any atom is -0.361 e. The van der Waals surface area contributed by atoms with Crippen LogP contribution in [0, 0.1) is 13.8 Å². The van der Waals surface area contributed by atoms with Gasteiger partial charge in [-0.15, -0.1) is 0 Å². The van der Waals surface area contributed by atoms with E-state index >= 15 is 0 Å². The zero-order chi connectivity index (χ0) is 14.0. The zero-order valence-corrected chi connectivity index (χ0v) is 12.7. The van der Waals surface area contributed by atoms with Gasteiger partial charge in [-0.05, 0) is 37.6 Å². The maximum atomic E-state index is 12.3. The monoisotopic (exact) mass is 322 g/mol. The molecule has 0 saturated heterocycles. The lowest BCUT2D eigenvalue weighted by molar-refractivity contribution is 0.0782. The van der Waals surface area contributed by atoms with Crippen molar-refractivity contribution >= 4 is 21.8 Å². The van der Waals surface area contributed by atoms with Gasteiger partial charge in [0, 0.05) is 23.2 Å². The normalized spacial score (nSPS) is 10.5. The van der Waals surface area contributed by atoms with Crippen molar-refractivity contribution in [3.8, 4) is 0 Å². The molecule has 0 saturated carbocycles. The molecule has 0 aliphatic heterocycles. The first-order chi connectivity index (χ1) is 8.95. The molecular weight excluding hydrogens is 308 g/mol. The molecule has 1 aromatic heterocycles. The molecule has 100 valence electrons. The van der Waals surface area contributed by atoms with Gasteiger partial charge in [-0.1, -0.05) is 21.1 Å². The SMILES string of the molecule is Cc1cc(Br)cc(C(=O)N(C)Cc2cc(C)on2)c1. The molecule has 0 N–H and O–H groups in total. The van der Waals surface area contributed by atoms with E-state index in [9.17, 15) is 4.79 Å². The predicted molar refractivity (Wildman–Crippen MR) is 75.9 cm³/mol. The Balaban J connectivity index is 2.14. The molecule has 4 nitrogen and oxygen atoms in total. The molecule has 0 unspecified atom stereocenters. The number of carbonyl (C=O) groups is 1. The van der Waals surface area contributed by atoms with Crippen LogP contribution in [-0.4, -0.2) is 23.0 Å². The zero-order valence-electron chi connectivity index (χ0n) is 11.1. The summed E-state index contributed by atoms with van der Waals surface area (Å²) < 4.78 is 5.90. The van der Waals surface area contributed by atoms with Crippen molar-refractivity contribution in [1.29, 1.82) is 0 Å². The molecule has 0 bridgehead atoms. The van der Waals surface area contributed by atoms with Gasteiger partial charge in [0.05, 0.1) is 6.54 Å². The average Bonchev–Trinajstić information content (AvgIpc) is 2.72. The fourth-order valence-corrected chi connectivity index (χ4v) is 2.50. The highest BCUT2D eigenvalue weighted by Gasteiger charge is 2.14. The lowest BCUT2D eigenvalue weighted by atomic mass is 10.1. The Labute approximate surface area is 120 Å². The first kappa shape index (κ1) is 13.8. The van der Waals surface area contributed by atoms with Crippen molar-refractivity contribution < 1.29 is 9.32 Å². The van der Waals surface area contributed by atoms with E-state index in [0.29, 0.717) is 12.1 Å². The van der Waals surface area contributed by atoms with Crippen molar-refractivity contribution in [1.82, 2.24) is 10.1 Å². The Morgan fingerprint density at radius 1 is 1.32 bits per heavy atom. The number of halogens is 1. The van der Waals surface area contributed by atoms with Crippen molar-refractivity contribution in [2.24, 2.45) is 0 Å². The van der Waals surface area contributed by atoms with E-state index in [1.165, 1.54) is 0 Å². The standard InChI is InChI=1S/C14H15BrN2O2/c1-9-4-11(7-12(15)5-9)14(18)17(3)8-13-6-10(2)19-16-13/h4-7H,8H2,1-3H3. The van der Waals surface area contributed by atoms with Crippen LogP contribution in [0.3, 0.4) is 0 Å². The first-order valence-corrected chi connectivity index (χ1v) is 6.70. The molecule has 0 aliphatic carbocycles. The second-order valence-corrected chi connectivity index (χ2v) is 5.52. The van der Waals surface area contributed by atoms with Crippen LogP contribution in [-0.2, 0) is 6.54 Å². The molecular formula is C14H15BrN2O2. The molecule has 2 rings (SSSR count). The van der Waals surface area contributed by atoms with Gasteiger partial charge >= 0.3 is 0 Å². The Kier molecular flexibility index (Phi) is 4.04. The Morgan fingerprint density at radius 3 is 2.63 bits per heavy atom. The van der Waals surface area contributed by atoms with Gasteiger partial charge in [-0.3, -0.25) is 4.79 Å². The molecule has 0 fully saturated rings. The van der Waals surface area contributed by atoms with Crippen molar-refractivity contribution in [3.63, 3.8) is 0 Å². The smallest absolute Gasteiger partial charge is 0.253 e. The summed E-state index contributed by atoms with van der Waals surface area (Å²) in [4.78, 5) is 13.9. The maximum Gasteiger partial charge on any atom is 0.253 e. The van der Waals surface area contributed by atoms with E-state index in [2.05, 4.69) is 21.1 Å². The van der Waals surface area contributed by atoms with Gasteiger partial charge in [0.1, 0.15) is 11.5 Å². The number of nitrogens with zero attached hydrogens (tertiary/aromatic N) is 2. The largest absolute Gasteiger partial charge is 0.361 e. The number of aromatic nitrogens is 1. The van der Waals surface area contributed by atoms with Gasteiger partial charge in [0.2, 0.25) is 0 Å². The predicted octanol–water partition coefficient (Wildman–Crippen LogP) is 3.33. The van der Waals surface area contributed by atoms with E-state index in [4.69, 9.17) is 4.52 Å². The minimum atomic E-state index is -0.0370. The summed E-state index contributed by atoms with van der Waals surface area (Å²) in [5.74, 6) is 0.708. The number of rotatable bonds is 3. The van der Waals surface area contributed by atoms with Crippen LogP contribution in [0.1, 0.15) is 27.4 Å². The van der Waals surface area contributed by atoms with Gasteiger partial charge in [0.25, 0.3) is 5.91 Å². The maximum absolute atomic E-state index is 12.3. The molecule has 1 heterocycles. The van der Waals surface area contributed by atoms with Crippen LogP contribution in [0.15, 0.2) is 33.3 Å². The summed E-state index contributed by atoms with van der Waals surface area (Å²) in [7, 11) is 1.75. The topological polar surface area (TPSA) is 46.3 Å². The van der Waals surface area contributed by atoms with Crippen LogP contribution in [0.2, 0.25) is 0 Å². The van der Waals surface area contributed by atoms with Crippen LogP contribution in [0.25, 0.3) is 0 Å². The van der Waals surface area contributed by atoms with Gasteiger partial charge in [-0.2, -0.15) is 0 Å². The van der Waals surface area contributed by atoms with Crippen LogP contribution < -0.4 is 0 Å². The lowest BCUT2D eigenvalue weighted by Gasteiger charge is -2.16. The highest BCUT2D eigenvalue weighted by molar-refractivity contribution is 9.10. The fraction of sp³-hybridized carbons (Fsp3) is 0.286. The van der Waals surface area contributed by atoms with E-state index < -0.39 is 0 Å². The highest BCUT2D eigenvalue weighted by atomic mass is 79.9. The molecule has 2 aromatic rings. The van der Waals surface area contributed by atoms with Gasteiger partial charge in [-0.25, -0.2) is 0 Å². The molecule has 5 heteroatoms. The molecule has 0 atom stereocenters. The summed E-state index contributed by atoms with van der Waals surface area (Å²) in [5.41, 5.74) is 2.46. The Hall–Kier alpha value is -1.62. The van der Waals surface area contributed by atoms with Crippen molar-refractivity contribution in [2.75, 3.05) is 7.05 Å². The van der Waals surface area contributed by atoms with E-state index in [1.807, 2.05) is 38.1 Å². The second kappa shape index (κ2) is 5.57. The lowest BCUT2D eigenvalue weighted by Crippen LogP contribution is -2.26. The van der Waals surface area contributed by atoms with E-state index in [0.717, 1.165) is 21.5 Å². The molecule has 1 aromatic carbocycles. The average molecular weight is 323 g/mol. The molecule has 1 amide bonds. The van der Waals surface area contributed by atoms with Gasteiger partial charge < -0.3 is 9.42 Å². The quantitative estimate of drug-likeness (QED) is 0.870.